The van der Waals surface area contributed by atoms with E-state index >= 15 is 0 Å². The van der Waals surface area contributed by atoms with Crippen LogP contribution in [0, 0.1) is 0 Å². The van der Waals surface area contributed by atoms with Crippen LogP contribution in [0.4, 0.5) is 4.79 Å². The van der Waals surface area contributed by atoms with Crippen LogP contribution in [0.3, 0.4) is 0 Å². The molecule has 1 aliphatic heterocycles. The van der Waals surface area contributed by atoms with Gasteiger partial charge in [0, 0.05) is 12.5 Å². The Bertz CT molecular complexity index is 1530. The van der Waals surface area contributed by atoms with Crippen molar-refractivity contribution in [3.8, 4) is 5.75 Å². The molecule has 0 aliphatic carbocycles. The van der Waals surface area contributed by atoms with Crippen molar-refractivity contribution < 1.29 is 33.4 Å². The Hall–Kier alpha value is -4.40. The smallest absolute Gasteiger partial charge is 0.490 e. The lowest BCUT2D eigenvalue weighted by Crippen LogP contribution is -2.45. The van der Waals surface area contributed by atoms with E-state index in [1.54, 1.807) is 50.1 Å². The molecule has 1 heterocycles. The number of piperidine rings is 1. The summed E-state index contributed by atoms with van der Waals surface area (Å²) in [7, 11) is 0. The van der Waals surface area contributed by atoms with Crippen LogP contribution >= 0.6 is 0 Å². The Morgan fingerprint density at radius 2 is 1.57 bits per heavy atom. The molecule has 1 fully saturated rings. The van der Waals surface area contributed by atoms with Crippen LogP contribution in [0.5, 0.6) is 5.75 Å². The number of nitrogens with zero attached hydrogens (tertiary/aromatic N) is 1. The fourth-order valence-corrected chi connectivity index (χ4v) is 5.19. The average molecular weight is 598 g/mol. The Labute approximate surface area is 258 Å². The average Bonchev–Trinajstić information content (AvgIpc) is 3.02. The third-order valence-corrected chi connectivity index (χ3v) is 7.30. The van der Waals surface area contributed by atoms with Crippen molar-refractivity contribution in [2.75, 3.05) is 26.3 Å². The first kappa shape index (κ1) is 31.0. The van der Waals surface area contributed by atoms with E-state index in [2.05, 4.69) is 30.3 Å². The van der Waals surface area contributed by atoms with Gasteiger partial charge in [-0.2, -0.15) is 0 Å². The highest BCUT2D eigenvalue weighted by molar-refractivity contribution is 5.89. The highest BCUT2D eigenvalue weighted by atomic mass is 16.8. The summed E-state index contributed by atoms with van der Waals surface area (Å²) in [4.78, 5) is 30.0. The molecule has 0 bridgehead atoms. The lowest BCUT2D eigenvalue weighted by Gasteiger charge is -2.37. The van der Waals surface area contributed by atoms with E-state index < -0.39 is 11.8 Å². The van der Waals surface area contributed by atoms with Crippen LogP contribution in [-0.4, -0.2) is 55.2 Å². The minimum atomic E-state index is -0.722. The van der Waals surface area contributed by atoms with E-state index in [-0.39, 0.29) is 31.2 Å². The summed E-state index contributed by atoms with van der Waals surface area (Å²) in [6, 6.07) is 31.3. The summed E-state index contributed by atoms with van der Waals surface area (Å²) in [6.45, 7) is 7.19. The van der Waals surface area contributed by atoms with Gasteiger partial charge in [-0.1, -0.05) is 66.7 Å². The third-order valence-electron chi connectivity index (χ3n) is 7.30. The van der Waals surface area contributed by atoms with Crippen molar-refractivity contribution in [1.29, 1.82) is 0 Å². The maximum absolute atomic E-state index is 12.4. The Kier molecular flexibility index (Phi) is 10.1. The number of esters is 1. The van der Waals surface area contributed by atoms with Gasteiger partial charge in [0.25, 0.3) is 0 Å². The molecular weight excluding hydrogens is 558 g/mol. The normalized spacial score (nSPS) is 17.2. The summed E-state index contributed by atoms with van der Waals surface area (Å²) in [5.41, 5.74) is 2.05. The number of carbonyl (C=O) groups is 2. The van der Waals surface area contributed by atoms with Crippen molar-refractivity contribution in [2.24, 2.45) is 0 Å². The fraction of sp³-hybridized carbons (Fsp3) is 0.333. The van der Waals surface area contributed by atoms with Crippen molar-refractivity contribution in [2.45, 2.75) is 51.4 Å². The van der Waals surface area contributed by atoms with E-state index in [1.807, 2.05) is 42.5 Å². The van der Waals surface area contributed by atoms with Crippen LogP contribution in [0.25, 0.3) is 10.8 Å². The molecule has 0 amide bonds. The van der Waals surface area contributed by atoms with E-state index in [0.29, 0.717) is 31.0 Å². The standard InChI is InChI=1S/C36H39NO7/c1-36(2,3)43-35(39)44-37-20-19-32(33(24-37)42-25-26-13-14-27-9-7-8-12-30(27)23-26)28-15-17-31(18-16-28)40-21-22-41-34(38)29-10-5-4-6-11-29/h4-18,23,32-33H,19-22,24-25H2,1-3H3. The van der Waals surface area contributed by atoms with Crippen molar-refractivity contribution in [1.82, 2.24) is 5.06 Å². The zero-order chi connectivity index (χ0) is 30.9. The molecule has 0 radical (unpaired) electrons. The summed E-state index contributed by atoms with van der Waals surface area (Å²) in [6.07, 6.45) is -0.233. The van der Waals surface area contributed by atoms with Crippen LogP contribution in [0.15, 0.2) is 97.1 Å². The third kappa shape index (κ3) is 8.81. The second-order valence-corrected chi connectivity index (χ2v) is 11.8. The minimum Gasteiger partial charge on any atom is -0.490 e. The summed E-state index contributed by atoms with van der Waals surface area (Å²) in [5, 5.41) is 3.97. The molecular formula is C36H39NO7. The number of fused-ring (bicyclic) bond motifs is 1. The van der Waals surface area contributed by atoms with Crippen LogP contribution in [0.1, 0.15) is 54.6 Å². The molecule has 2 unspecified atom stereocenters. The van der Waals surface area contributed by atoms with Gasteiger partial charge >= 0.3 is 12.1 Å². The van der Waals surface area contributed by atoms with Gasteiger partial charge in [-0.25, -0.2) is 9.59 Å². The Morgan fingerprint density at radius 3 is 2.32 bits per heavy atom. The summed E-state index contributed by atoms with van der Waals surface area (Å²) < 4.78 is 23.0. The molecule has 0 saturated carbocycles. The molecule has 0 aromatic heterocycles. The van der Waals surface area contributed by atoms with Crippen LogP contribution in [-0.2, 0) is 25.7 Å². The van der Waals surface area contributed by atoms with E-state index in [9.17, 15) is 9.59 Å². The van der Waals surface area contributed by atoms with Gasteiger partial charge < -0.3 is 23.8 Å². The first-order valence-electron chi connectivity index (χ1n) is 14.9. The molecule has 8 nitrogen and oxygen atoms in total. The largest absolute Gasteiger partial charge is 0.528 e. The number of ether oxygens (including phenoxy) is 4. The number of rotatable bonds is 10. The number of carbonyl (C=O) groups excluding carboxylic acids is 2. The van der Waals surface area contributed by atoms with E-state index in [4.69, 9.17) is 23.8 Å². The Morgan fingerprint density at radius 1 is 0.841 bits per heavy atom. The van der Waals surface area contributed by atoms with Crippen LogP contribution in [0.2, 0.25) is 0 Å². The first-order valence-corrected chi connectivity index (χ1v) is 14.9. The zero-order valence-electron chi connectivity index (χ0n) is 25.4. The molecule has 4 aromatic rings. The van der Waals surface area contributed by atoms with Gasteiger partial charge in [-0.05, 0) is 79.4 Å². The van der Waals surface area contributed by atoms with Gasteiger partial charge in [0.15, 0.2) is 0 Å². The quantitative estimate of drug-likeness (QED) is 0.139. The van der Waals surface area contributed by atoms with Gasteiger partial charge in [-0.3, -0.25) is 0 Å². The highest BCUT2D eigenvalue weighted by Gasteiger charge is 2.34. The summed E-state index contributed by atoms with van der Waals surface area (Å²) >= 11 is 0. The molecule has 8 heteroatoms. The molecule has 1 aliphatic rings. The number of hydroxylamine groups is 2. The molecule has 4 aromatic carbocycles. The van der Waals surface area contributed by atoms with Crippen LogP contribution < -0.4 is 4.74 Å². The molecule has 0 N–H and O–H groups in total. The molecule has 5 rings (SSSR count). The lowest BCUT2D eigenvalue weighted by molar-refractivity contribution is -0.179. The molecule has 1 saturated heterocycles. The second-order valence-electron chi connectivity index (χ2n) is 11.8. The topological polar surface area (TPSA) is 83.5 Å². The van der Waals surface area contributed by atoms with E-state index in [0.717, 1.165) is 22.9 Å². The highest BCUT2D eigenvalue weighted by Crippen LogP contribution is 2.33. The van der Waals surface area contributed by atoms with Gasteiger partial charge in [0.05, 0.1) is 24.8 Å². The first-order chi connectivity index (χ1) is 21.2. The summed E-state index contributed by atoms with van der Waals surface area (Å²) in [5.74, 6) is 0.389. The zero-order valence-corrected chi connectivity index (χ0v) is 25.4. The Balaban J connectivity index is 1.20. The molecule has 2 atom stereocenters. The van der Waals surface area contributed by atoms with Gasteiger partial charge in [0.2, 0.25) is 0 Å². The van der Waals surface area contributed by atoms with Gasteiger partial charge in [-0.15, -0.1) is 5.06 Å². The minimum absolute atomic E-state index is 0.0785. The predicted molar refractivity (Wildman–Crippen MR) is 167 cm³/mol. The SMILES string of the molecule is CC(C)(C)OC(=O)ON1CCC(c2ccc(OCCOC(=O)c3ccccc3)cc2)C(OCc2ccc3ccccc3c2)C1. The number of benzene rings is 4. The van der Waals surface area contributed by atoms with Gasteiger partial charge in [0.1, 0.15) is 24.6 Å². The molecule has 44 heavy (non-hydrogen) atoms. The van der Waals surface area contributed by atoms with Crippen molar-refractivity contribution in [3.05, 3.63) is 114 Å². The molecule has 230 valence electrons. The molecule has 0 spiro atoms. The number of hydrogen-bond donors (Lipinski definition) is 0. The maximum atomic E-state index is 12.4. The second kappa shape index (κ2) is 14.4. The number of hydrogen-bond acceptors (Lipinski definition) is 8. The maximum Gasteiger partial charge on any atom is 0.528 e. The van der Waals surface area contributed by atoms with E-state index in [1.165, 1.54) is 5.39 Å². The van der Waals surface area contributed by atoms with Crippen molar-refractivity contribution in [3.63, 3.8) is 0 Å². The fourth-order valence-electron chi connectivity index (χ4n) is 5.19. The lowest BCUT2D eigenvalue weighted by atomic mass is 9.87. The predicted octanol–water partition coefficient (Wildman–Crippen LogP) is 7.32. The monoisotopic (exact) mass is 597 g/mol. The van der Waals surface area contributed by atoms with Crippen molar-refractivity contribution >= 4 is 22.9 Å².